The van der Waals surface area contributed by atoms with Crippen molar-refractivity contribution < 1.29 is 9.59 Å². The summed E-state index contributed by atoms with van der Waals surface area (Å²) in [7, 11) is 0. The summed E-state index contributed by atoms with van der Waals surface area (Å²) in [5.74, 6) is -0.000388. The van der Waals surface area contributed by atoms with Gasteiger partial charge in [-0.05, 0) is 20.8 Å². The second kappa shape index (κ2) is 8.39. The number of benzene rings is 1. The number of hydrogen-bond acceptors (Lipinski definition) is 5. The molecule has 1 aliphatic rings. The lowest BCUT2D eigenvalue weighted by atomic mass is 9.87. The maximum absolute atomic E-state index is 13.1. The van der Waals surface area contributed by atoms with Gasteiger partial charge in [0.1, 0.15) is 5.82 Å². The van der Waals surface area contributed by atoms with E-state index in [1.807, 2.05) is 51.1 Å². The largest absolute Gasteiger partial charge is 0.354 e. The number of rotatable bonds is 6. The molecule has 142 valence electrons. The van der Waals surface area contributed by atoms with Crippen LogP contribution >= 0.6 is 0 Å². The topological polar surface area (TPSA) is 75.2 Å². The first-order chi connectivity index (χ1) is 12.9. The molecule has 0 aliphatic carbocycles. The van der Waals surface area contributed by atoms with Crippen LogP contribution in [0, 0.1) is 18.8 Å². The molecule has 6 nitrogen and oxygen atoms in total. The molecule has 1 saturated heterocycles. The number of carbonyl (C=O) groups excluding carboxylic acids is 2. The third kappa shape index (κ3) is 4.77. The van der Waals surface area contributed by atoms with Crippen LogP contribution < -0.4 is 5.32 Å². The quantitative estimate of drug-likeness (QED) is 0.794. The summed E-state index contributed by atoms with van der Waals surface area (Å²) < 4.78 is 0. The van der Waals surface area contributed by atoms with Crippen molar-refractivity contribution in [2.75, 3.05) is 13.1 Å². The van der Waals surface area contributed by atoms with Crippen LogP contribution in [0.15, 0.2) is 42.7 Å². The average molecular weight is 366 g/mol. The fourth-order valence-electron chi connectivity index (χ4n) is 3.51. The van der Waals surface area contributed by atoms with Crippen molar-refractivity contribution in [1.29, 1.82) is 0 Å². The normalized spacial score (nSPS) is 20.0. The number of likely N-dealkylation sites (tertiary alicyclic amines) is 1. The zero-order chi connectivity index (χ0) is 19.4. The van der Waals surface area contributed by atoms with Gasteiger partial charge in [0.15, 0.2) is 5.78 Å². The Morgan fingerprint density at radius 3 is 2.37 bits per heavy atom. The summed E-state index contributed by atoms with van der Waals surface area (Å²) in [5.41, 5.74) is 1.64. The SMILES string of the molecule is Cc1ncc(CN2C[C@@H](C(=O)NC(C)C)[C@H](C(=O)c3ccccc3)C2)cn1. The van der Waals surface area contributed by atoms with E-state index in [0.29, 0.717) is 25.2 Å². The summed E-state index contributed by atoms with van der Waals surface area (Å²) in [4.78, 5) is 36.4. The van der Waals surface area contributed by atoms with Crippen LogP contribution in [0.1, 0.15) is 35.6 Å². The van der Waals surface area contributed by atoms with Gasteiger partial charge in [-0.15, -0.1) is 0 Å². The monoisotopic (exact) mass is 366 g/mol. The molecule has 0 saturated carbocycles. The number of aromatic nitrogens is 2. The summed E-state index contributed by atoms with van der Waals surface area (Å²) in [6, 6.07) is 9.27. The standard InChI is InChI=1S/C21H26N4O2/c1-14(2)24-21(27)19-13-25(11-16-9-22-15(3)23-10-16)12-18(19)20(26)17-7-5-4-6-8-17/h4-10,14,18-19H,11-13H2,1-3H3,(H,24,27)/t18-,19-/m1/s1. The zero-order valence-electron chi connectivity index (χ0n) is 16.1. The molecule has 1 fully saturated rings. The summed E-state index contributed by atoms with van der Waals surface area (Å²) >= 11 is 0. The van der Waals surface area contributed by atoms with Crippen molar-refractivity contribution in [3.8, 4) is 0 Å². The second-order valence-electron chi connectivity index (χ2n) is 7.44. The first kappa shape index (κ1) is 19.2. The number of nitrogens with zero attached hydrogens (tertiary/aromatic N) is 3. The van der Waals surface area contributed by atoms with Crippen LogP contribution in [0.2, 0.25) is 0 Å². The smallest absolute Gasteiger partial charge is 0.225 e. The lowest BCUT2D eigenvalue weighted by molar-refractivity contribution is -0.125. The van der Waals surface area contributed by atoms with E-state index in [0.717, 1.165) is 11.4 Å². The Morgan fingerprint density at radius 2 is 1.74 bits per heavy atom. The number of ketones is 1. The van der Waals surface area contributed by atoms with E-state index in [9.17, 15) is 9.59 Å². The molecule has 2 atom stereocenters. The van der Waals surface area contributed by atoms with Gasteiger partial charge in [-0.3, -0.25) is 14.5 Å². The second-order valence-corrected chi connectivity index (χ2v) is 7.44. The third-order valence-electron chi connectivity index (χ3n) is 4.80. The van der Waals surface area contributed by atoms with Crippen LogP contribution in [0.25, 0.3) is 0 Å². The van der Waals surface area contributed by atoms with Crippen LogP contribution in [0.4, 0.5) is 0 Å². The molecule has 0 bridgehead atoms. The molecule has 3 rings (SSSR count). The fraction of sp³-hybridized carbons (Fsp3) is 0.429. The highest BCUT2D eigenvalue weighted by Crippen LogP contribution is 2.28. The number of amides is 1. The minimum Gasteiger partial charge on any atom is -0.354 e. The molecule has 1 amide bonds. The van der Waals surface area contributed by atoms with Gasteiger partial charge in [-0.2, -0.15) is 0 Å². The van der Waals surface area contributed by atoms with Crippen molar-refractivity contribution in [1.82, 2.24) is 20.2 Å². The Labute approximate surface area is 160 Å². The van der Waals surface area contributed by atoms with Gasteiger partial charge < -0.3 is 5.32 Å². The molecule has 0 spiro atoms. The summed E-state index contributed by atoms with van der Waals surface area (Å²) in [5, 5.41) is 2.97. The van der Waals surface area contributed by atoms with E-state index in [1.54, 1.807) is 12.4 Å². The minimum atomic E-state index is -0.355. The van der Waals surface area contributed by atoms with E-state index in [2.05, 4.69) is 20.2 Å². The maximum atomic E-state index is 13.1. The van der Waals surface area contributed by atoms with Crippen molar-refractivity contribution >= 4 is 11.7 Å². The first-order valence-corrected chi connectivity index (χ1v) is 9.33. The van der Waals surface area contributed by atoms with Gasteiger partial charge in [-0.25, -0.2) is 9.97 Å². The van der Waals surface area contributed by atoms with Gasteiger partial charge in [0.05, 0.1) is 5.92 Å². The number of Topliss-reactive ketones (excluding diaryl/α,β-unsaturated/α-hetero) is 1. The molecular formula is C21H26N4O2. The summed E-state index contributed by atoms with van der Waals surface area (Å²) in [6.45, 7) is 7.45. The van der Waals surface area contributed by atoms with E-state index < -0.39 is 0 Å². The maximum Gasteiger partial charge on any atom is 0.225 e. The van der Waals surface area contributed by atoms with Crippen molar-refractivity contribution in [3.63, 3.8) is 0 Å². The Morgan fingerprint density at radius 1 is 1.11 bits per heavy atom. The lowest BCUT2D eigenvalue weighted by Crippen LogP contribution is -2.40. The fourth-order valence-corrected chi connectivity index (χ4v) is 3.51. The zero-order valence-corrected chi connectivity index (χ0v) is 16.1. The Kier molecular flexibility index (Phi) is 5.96. The average Bonchev–Trinajstić information content (AvgIpc) is 3.07. The molecule has 1 aromatic carbocycles. The van der Waals surface area contributed by atoms with Crippen LogP contribution in [-0.4, -0.2) is 45.7 Å². The third-order valence-corrected chi connectivity index (χ3v) is 4.80. The van der Waals surface area contributed by atoms with Crippen molar-refractivity contribution in [2.45, 2.75) is 33.4 Å². The number of hydrogen-bond donors (Lipinski definition) is 1. The van der Waals surface area contributed by atoms with Gasteiger partial charge in [0.25, 0.3) is 0 Å². The molecule has 0 radical (unpaired) electrons. The molecule has 0 unspecified atom stereocenters. The number of nitrogens with one attached hydrogen (secondary N) is 1. The molecule has 6 heteroatoms. The van der Waals surface area contributed by atoms with Gasteiger partial charge >= 0.3 is 0 Å². The van der Waals surface area contributed by atoms with E-state index in [4.69, 9.17) is 0 Å². The van der Waals surface area contributed by atoms with E-state index in [1.165, 1.54) is 0 Å². The molecule has 2 aromatic rings. The van der Waals surface area contributed by atoms with Gasteiger partial charge in [0, 0.05) is 55.1 Å². The van der Waals surface area contributed by atoms with Crippen LogP contribution in [0.3, 0.4) is 0 Å². The predicted molar refractivity (Wildman–Crippen MR) is 103 cm³/mol. The first-order valence-electron chi connectivity index (χ1n) is 9.33. The molecule has 1 aliphatic heterocycles. The highest BCUT2D eigenvalue weighted by atomic mass is 16.2. The Bertz CT molecular complexity index is 790. The van der Waals surface area contributed by atoms with Crippen LogP contribution in [0.5, 0.6) is 0 Å². The lowest BCUT2D eigenvalue weighted by Gasteiger charge is -2.18. The van der Waals surface area contributed by atoms with Crippen molar-refractivity contribution in [3.05, 3.63) is 59.7 Å². The molecule has 27 heavy (non-hydrogen) atoms. The number of carbonyl (C=O) groups is 2. The Hall–Kier alpha value is -2.60. The molecule has 1 N–H and O–H groups in total. The Balaban J connectivity index is 1.78. The summed E-state index contributed by atoms with van der Waals surface area (Å²) in [6.07, 6.45) is 3.61. The molecule has 1 aromatic heterocycles. The molecular weight excluding hydrogens is 340 g/mol. The molecule has 2 heterocycles. The van der Waals surface area contributed by atoms with Gasteiger partial charge in [-0.1, -0.05) is 30.3 Å². The predicted octanol–water partition coefficient (Wildman–Crippen LogP) is 2.24. The highest BCUT2D eigenvalue weighted by Gasteiger charge is 2.41. The van der Waals surface area contributed by atoms with Gasteiger partial charge in [0.2, 0.25) is 5.91 Å². The van der Waals surface area contributed by atoms with Crippen molar-refractivity contribution in [2.24, 2.45) is 11.8 Å². The highest BCUT2D eigenvalue weighted by molar-refractivity contribution is 6.01. The van der Waals surface area contributed by atoms with Crippen LogP contribution in [-0.2, 0) is 11.3 Å². The van der Waals surface area contributed by atoms with E-state index >= 15 is 0 Å². The number of aryl methyl sites for hydroxylation is 1. The van der Waals surface area contributed by atoms with E-state index in [-0.39, 0.29) is 29.6 Å². The minimum absolute atomic E-state index is 0.0298.